The van der Waals surface area contributed by atoms with Crippen molar-refractivity contribution in [3.63, 3.8) is 0 Å². The summed E-state index contributed by atoms with van der Waals surface area (Å²) in [6.07, 6.45) is 19.8. The number of aryl methyl sites for hydroxylation is 1. The molecule has 0 radical (unpaired) electrons. The topological polar surface area (TPSA) is 25.8 Å². The van der Waals surface area contributed by atoms with Crippen molar-refractivity contribution in [2.24, 2.45) is 5.41 Å². The first kappa shape index (κ1) is 30.7. The molecule has 244 valence electrons. The molecule has 0 fully saturated rings. The Morgan fingerprint density at radius 3 is 2.20 bits per heavy atom. The fourth-order valence-electron chi connectivity index (χ4n) is 8.54. The number of nitrogens with zero attached hydrogens (tertiary/aromatic N) is 2. The van der Waals surface area contributed by atoms with Crippen LogP contribution in [0, 0.1) is 5.41 Å². The Labute approximate surface area is 296 Å². The predicted molar refractivity (Wildman–Crippen MR) is 210 cm³/mol. The first-order valence-electron chi connectivity index (χ1n) is 18.2. The molecule has 2 aromatic heterocycles. The summed E-state index contributed by atoms with van der Waals surface area (Å²) in [7, 11) is 0. The lowest BCUT2D eigenvalue weighted by Gasteiger charge is -2.37. The number of rotatable bonds is 5. The summed E-state index contributed by atoms with van der Waals surface area (Å²) in [5, 5.41) is 2.91. The third kappa shape index (κ3) is 5.44. The van der Waals surface area contributed by atoms with E-state index in [2.05, 4.69) is 146 Å². The van der Waals surface area contributed by atoms with E-state index in [-0.39, 0.29) is 5.41 Å². The number of aromatic nitrogens is 2. The molecule has 4 aromatic carbocycles. The van der Waals surface area contributed by atoms with Crippen molar-refractivity contribution in [3.8, 4) is 33.5 Å². The molecule has 3 aliphatic carbocycles. The van der Waals surface area contributed by atoms with Gasteiger partial charge in [0.2, 0.25) is 0 Å². The predicted octanol–water partition coefficient (Wildman–Crippen LogP) is 12.6. The Hall–Kier alpha value is -5.34. The smallest absolute Gasteiger partial charge is 0.0701 e. The minimum Gasteiger partial charge on any atom is -0.265 e. The van der Waals surface area contributed by atoms with Gasteiger partial charge in [-0.15, -0.1) is 0 Å². The second-order valence-electron chi connectivity index (χ2n) is 15.3. The maximum atomic E-state index is 4.60. The zero-order valence-corrected chi connectivity index (χ0v) is 29.2. The molecular formula is C48H42N2. The van der Waals surface area contributed by atoms with E-state index in [0.29, 0.717) is 11.8 Å². The molecular weight excluding hydrogens is 605 g/mol. The molecule has 2 atom stereocenters. The van der Waals surface area contributed by atoms with Gasteiger partial charge in [0.25, 0.3) is 0 Å². The second-order valence-corrected chi connectivity index (χ2v) is 15.3. The zero-order valence-electron chi connectivity index (χ0n) is 29.2. The third-order valence-corrected chi connectivity index (χ3v) is 11.3. The van der Waals surface area contributed by atoms with E-state index in [1.54, 1.807) is 11.1 Å². The van der Waals surface area contributed by atoms with E-state index < -0.39 is 0 Å². The summed E-state index contributed by atoms with van der Waals surface area (Å²) in [5.74, 6) is 0.941. The average molecular weight is 647 g/mol. The maximum Gasteiger partial charge on any atom is 0.0701 e. The van der Waals surface area contributed by atoms with Gasteiger partial charge in [0.05, 0.1) is 5.69 Å². The Balaban J connectivity index is 1.14. The van der Waals surface area contributed by atoms with E-state index in [0.717, 1.165) is 30.5 Å². The van der Waals surface area contributed by atoms with E-state index in [9.17, 15) is 0 Å². The lowest BCUT2D eigenvalue weighted by Crippen LogP contribution is -2.20. The largest absolute Gasteiger partial charge is 0.265 e. The van der Waals surface area contributed by atoms with Gasteiger partial charge in [0, 0.05) is 30.1 Å². The molecule has 0 N–H and O–H groups in total. The fraction of sp³-hybridized carbons (Fsp3) is 0.208. The molecule has 3 aliphatic rings. The van der Waals surface area contributed by atoms with Crippen molar-refractivity contribution in [2.45, 2.75) is 58.3 Å². The summed E-state index contributed by atoms with van der Waals surface area (Å²) in [5.41, 5.74) is 17.6. The van der Waals surface area contributed by atoms with Crippen LogP contribution in [0.3, 0.4) is 0 Å². The fourth-order valence-corrected chi connectivity index (χ4v) is 8.54. The van der Waals surface area contributed by atoms with Crippen LogP contribution in [0.5, 0.6) is 0 Å². The minimum atomic E-state index is 0.183. The van der Waals surface area contributed by atoms with Crippen molar-refractivity contribution in [1.29, 1.82) is 0 Å². The molecule has 6 aromatic rings. The molecule has 0 bridgehead atoms. The Bertz CT molecular complexity index is 2320. The summed E-state index contributed by atoms with van der Waals surface area (Å²) >= 11 is 0. The molecule has 2 heteroatoms. The van der Waals surface area contributed by atoms with Crippen LogP contribution in [0.15, 0.2) is 139 Å². The maximum absolute atomic E-state index is 4.60. The molecule has 0 aliphatic heterocycles. The first-order valence-corrected chi connectivity index (χ1v) is 18.2. The SMILES string of the molecule is CC(C)(C)C1=Cc2ccc3c(C4=CCC(c5ccc(-c6ccncc6)cc5)C=C4)cc(-c4ccc(-c5ccccn5)cc4)c4c3c2C(CC4)C1. The average Bonchev–Trinajstić information content (AvgIpc) is 3.17. The van der Waals surface area contributed by atoms with Gasteiger partial charge < -0.3 is 0 Å². The van der Waals surface area contributed by atoms with E-state index in [1.807, 2.05) is 24.7 Å². The molecule has 2 nitrogen and oxygen atoms in total. The molecule has 9 rings (SSSR count). The second kappa shape index (κ2) is 12.2. The summed E-state index contributed by atoms with van der Waals surface area (Å²) in [4.78, 5) is 8.78. The lowest BCUT2D eigenvalue weighted by atomic mass is 9.67. The van der Waals surface area contributed by atoms with E-state index >= 15 is 0 Å². The number of hydrogen-bond donors (Lipinski definition) is 0. The van der Waals surface area contributed by atoms with Crippen LogP contribution in [-0.2, 0) is 6.42 Å². The molecule has 2 unspecified atom stereocenters. The minimum absolute atomic E-state index is 0.183. The highest BCUT2D eigenvalue weighted by Crippen LogP contribution is 2.52. The molecule has 0 amide bonds. The van der Waals surface area contributed by atoms with Gasteiger partial charge in [0.15, 0.2) is 0 Å². The van der Waals surface area contributed by atoms with Crippen LogP contribution in [0.25, 0.3) is 55.9 Å². The number of pyridine rings is 2. The van der Waals surface area contributed by atoms with Gasteiger partial charge in [-0.2, -0.15) is 0 Å². The van der Waals surface area contributed by atoms with Gasteiger partial charge in [-0.25, -0.2) is 0 Å². The Kier molecular flexibility index (Phi) is 7.50. The zero-order chi connectivity index (χ0) is 33.8. The summed E-state index contributed by atoms with van der Waals surface area (Å²) in [6, 6.07) is 35.8. The quantitative estimate of drug-likeness (QED) is 0.186. The highest BCUT2D eigenvalue weighted by molar-refractivity contribution is 6.05. The van der Waals surface area contributed by atoms with Crippen LogP contribution >= 0.6 is 0 Å². The molecule has 50 heavy (non-hydrogen) atoms. The molecule has 0 saturated heterocycles. The summed E-state index contributed by atoms with van der Waals surface area (Å²) in [6.45, 7) is 7.11. The van der Waals surface area contributed by atoms with Crippen molar-refractivity contribution in [3.05, 3.63) is 167 Å². The van der Waals surface area contributed by atoms with Crippen molar-refractivity contribution < 1.29 is 0 Å². The standard InChI is InChI=1S/C48H42N2/c1-48(2,3)40-28-38-19-21-41-43(35-13-11-32(12-14-35)31-7-9-33(10-8-31)34-23-26-49-27-24-34)30-44(42-22-20-39(29-40)46(38)47(41)42)36-15-17-37(18-16-36)45-6-4-5-25-50-45/h4-11,13-19,21,23-28,30,32,39H,12,20,22,29H2,1-3H3. The van der Waals surface area contributed by atoms with Gasteiger partial charge >= 0.3 is 0 Å². The first-order chi connectivity index (χ1) is 24.4. The van der Waals surface area contributed by atoms with Crippen LogP contribution < -0.4 is 0 Å². The Morgan fingerprint density at radius 2 is 1.48 bits per heavy atom. The van der Waals surface area contributed by atoms with Gasteiger partial charge in [0.1, 0.15) is 0 Å². The highest BCUT2D eigenvalue weighted by atomic mass is 14.7. The van der Waals surface area contributed by atoms with Crippen LogP contribution in [0.4, 0.5) is 0 Å². The van der Waals surface area contributed by atoms with Crippen molar-refractivity contribution in [2.75, 3.05) is 0 Å². The van der Waals surface area contributed by atoms with Crippen LogP contribution in [0.2, 0.25) is 0 Å². The van der Waals surface area contributed by atoms with Gasteiger partial charge in [-0.05, 0) is 134 Å². The summed E-state index contributed by atoms with van der Waals surface area (Å²) < 4.78 is 0. The number of benzene rings is 4. The van der Waals surface area contributed by atoms with E-state index in [4.69, 9.17) is 0 Å². The highest BCUT2D eigenvalue weighted by Gasteiger charge is 2.33. The van der Waals surface area contributed by atoms with Crippen molar-refractivity contribution >= 4 is 22.4 Å². The number of allylic oxidation sites excluding steroid dienone is 5. The number of hydrogen-bond acceptors (Lipinski definition) is 2. The molecule has 2 heterocycles. The van der Waals surface area contributed by atoms with Gasteiger partial charge in [-0.1, -0.05) is 117 Å². The Morgan fingerprint density at radius 1 is 0.720 bits per heavy atom. The van der Waals surface area contributed by atoms with Crippen molar-refractivity contribution in [1.82, 2.24) is 9.97 Å². The van der Waals surface area contributed by atoms with E-state index in [1.165, 1.54) is 67.3 Å². The van der Waals surface area contributed by atoms with Gasteiger partial charge in [-0.3, -0.25) is 9.97 Å². The lowest BCUT2D eigenvalue weighted by molar-refractivity contribution is 0.455. The third-order valence-electron chi connectivity index (χ3n) is 11.3. The molecule has 0 saturated carbocycles. The normalized spacial score (nSPS) is 18.1. The molecule has 0 spiro atoms. The van der Waals surface area contributed by atoms with Crippen LogP contribution in [-0.4, -0.2) is 9.97 Å². The van der Waals surface area contributed by atoms with Crippen LogP contribution in [0.1, 0.15) is 79.7 Å². The monoisotopic (exact) mass is 646 g/mol.